The highest BCUT2D eigenvalue weighted by molar-refractivity contribution is 7.89. The molecule has 6 heteroatoms. The van der Waals surface area contributed by atoms with Crippen LogP contribution in [-0.4, -0.2) is 14.2 Å². The van der Waals surface area contributed by atoms with Crippen molar-refractivity contribution in [2.75, 3.05) is 5.75 Å². The third-order valence-electron chi connectivity index (χ3n) is 2.01. The molecule has 15 heavy (non-hydrogen) atoms. The second-order valence-electron chi connectivity index (χ2n) is 3.31. The molecule has 4 N–H and O–H groups in total. The van der Waals surface area contributed by atoms with Crippen LogP contribution in [0.2, 0.25) is 5.02 Å². The van der Waals surface area contributed by atoms with Gasteiger partial charge in [-0.15, -0.1) is 0 Å². The molecule has 1 unspecified atom stereocenters. The number of hydrogen-bond donors (Lipinski definition) is 2. The fraction of sp³-hybridized carbons (Fsp3) is 0.333. The Labute approximate surface area is 94.3 Å². The molecular weight excluding hydrogens is 236 g/mol. The van der Waals surface area contributed by atoms with E-state index in [1.54, 1.807) is 24.3 Å². The van der Waals surface area contributed by atoms with Crippen molar-refractivity contribution in [3.8, 4) is 0 Å². The van der Waals surface area contributed by atoms with Crippen molar-refractivity contribution in [3.05, 3.63) is 34.9 Å². The van der Waals surface area contributed by atoms with Gasteiger partial charge in [0.25, 0.3) is 0 Å². The van der Waals surface area contributed by atoms with Crippen molar-refractivity contribution in [2.24, 2.45) is 10.9 Å². The van der Waals surface area contributed by atoms with Gasteiger partial charge in [0.05, 0.1) is 5.75 Å². The van der Waals surface area contributed by atoms with Gasteiger partial charge in [-0.3, -0.25) is 0 Å². The third kappa shape index (κ3) is 4.61. The summed E-state index contributed by atoms with van der Waals surface area (Å²) < 4.78 is 21.4. The first-order valence-electron chi connectivity index (χ1n) is 4.40. The summed E-state index contributed by atoms with van der Waals surface area (Å²) in [5.41, 5.74) is 6.64. The maximum Gasteiger partial charge on any atom is 0.209 e. The minimum absolute atomic E-state index is 0.114. The molecule has 0 spiro atoms. The quantitative estimate of drug-likeness (QED) is 0.834. The lowest BCUT2D eigenvalue weighted by molar-refractivity contribution is 0.588. The molecule has 0 saturated carbocycles. The van der Waals surface area contributed by atoms with Crippen molar-refractivity contribution in [2.45, 2.75) is 12.5 Å². The number of benzene rings is 1. The van der Waals surface area contributed by atoms with Crippen molar-refractivity contribution in [1.82, 2.24) is 0 Å². The van der Waals surface area contributed by atoms with E-state index in [1.807, 2.05) is 0 Å². The minimum Gasteiger partial charge on any atom is -0.324 e. The number of primary sulfonamides is 1. The smallest absolute Gasteiger partial charge is 0.209 e. The summed E-state index contributed by atoms with van der Waals surface area (Å²) in [6.07, 6.45) is 0.306. The van der Waals surface area contributed by atoms with Crippen molar-refractivity contribution < 1.29 is 8.42 Å². The van der Waals surface area contributed by atoms with E-state index in [9.17, 15) is 8.42 Å². The highest BCUT2D eigenvalue weighted by Crippen LogP contribution is 2.17. The minimum atomic E-state index is -3.44. The maximum atomic E-state index is 10.7. The molecule has 84 valence electrons. The Morgan fingerprint density at radius 1 is 1.27 bits per heavy atom. The zero-order chi connectivity index (χ0) is 11.5. The Morgan fingerprint density at radius 2 is 1.80 bits per heavy atom. The van der Waals surface area contributed by atoms with E-state index < -0.39 is 10.0 Å². The van der Waals surface area contributed by atoms with Crippen molar-refractivity contribution >= 4 is 21.6 Å². The third-order valence-corrected chi connectivity index (χ3v) is 3.07. The first-order valence-corrected chi connectivity index (χ1v) is 6.49. The Bertz CT molecular complexity index is 416. The van der Waals surface area contributed by atoms with Crippen LogP contribution in [-0.2, 0) is 10.0 Å². The van der Waals surface area contributed by atoms with Gasteiger partial charge in [0, 0.05) is 11.1 Å². The largest absolute Gasteiger partial charge is 0.324 e. The van der Waals surface area contributed by atoms with Gasteiger partial charge in [0.2, 0.25) is 10.0 Å². The lowest BCUT2D eigenvalue weighted by Crippen LogP contribution is -2.21. The van der Waals surface area contributed by atoms with Crippen LogP contribution in [0.4, 0.5) is 0 Å². The lowest BCUT2D eigenvalue weighted by atomic mass is 10.1. The fourth-order valence-electron chi connectivity index (χ4n) is 1.17. The number of halogens is 1. The van der Waals surface area contributed by atoms with E-state index in [2.05, 4.69) is 0 Å². The molecule has 0 aliphatic heterocycles. The topological polar surface area (TPSA) is 86.2 Å². The monoisotopic (exact) mass is 248 g/mol. The predicted molar refractivity (Wildman–Crippen MR) is 61.0 cm³/mol. The van der Waals surface area contributed by atoms with Crippen LogP contribution in [0, 0.1) is 0 Å². The molecule has 1 rings (SSSR count). The molecule has 0 amide bonds. The van der Waals surface area contributed by atoms with Crippen LogP contribution >= 0.6 is 11.6 Å². The summed E-state index contributed by atoms with van der Waals surface area (Å²) in [4.78, 5) is 0. The van der Waals surface area contributed by atoms with E-state index in [4.69, 9.17) is 22.5 Å². The van der Waals surface area contributed by atoms with Crippen molar-refractivity contribution in [1.29, 1.82) is 0 Å². The van der Waals surface area contributed by atoms with Gasteiger partial charge < -0.3 is 5.73 Å². The van der Waals surface area contributed by atoms with Gasteiger partial charge in [0.1, 0.15) is 0 Å². The number of hydrogen-bond acceptors (Lipinski definition) is 3. The zero-order valence-electron chi connectivity index (χ0n) is 8.06. The molecule has 0 heterocycles. The standard InChI is InChI=1S/C9H13ClN2O2S/c10-8-3-1-7(2-4-8)9(11)5-6-15(12,13)14/h1-4,9H,5-6,11H2,(H2,12,13,14). The molecule has 0 bridgehead atoms. The number of sulfonamides is 1. The summed E-state index contributed by atoms with van der Waals surface area (Å²) in [5, 5.41) is 5.50. The summed E-state index contributed by atoms with van der Waals surface area (Å²) in [6.45, 7) is 0. The highest BCUT2D eigenvalue weighted by Gasteiger charge is 2.10. The molecule has 4 nitrogen and oxygen atoms in total. The molecule has 0 aliphatic carbocycles. The fourth-order valence-corrected chi connectivity index (χ4v) is 1.88. The molecule has 0 saturated heterocycles. The van der Waals surface area contributed by atoms with E-state index >= 15 is 0 Å². The highest BCUT2D eigenvalue weighted by atomic mass is 35.5. The Kier molecular flexibility index (Phi) is 4.10. The second-order valence-corrected chi connectivity index (χ2v) is 5.48. The van der Waals surface area contributed by atoms with Gasteiger partial charge in [-0.05, 0) is 24.1 Å². The summed E-state index contributed by atoms with van der Waals surface area (Å²) >= 11 is 5.71. The first kappa shape index (κ1) is 12.4. The Morgan fingerprint density at radius 3 is 2.27 bits per heavy atom. The molecule has 1 aromatic rings. The summed E-state index contributed by atoms with van der Waals surface area (Å²) in [6, 6.07) is 6.65. The molecule has 0 aromatic heterocycles. The summed E-state index contributed by atoms with van der Waals surface area (Å²) in [5.74, 6) is -0.114. The van der Waals surface area contributed by atoms with Crippen LogP contribution in [0.15, 0.2) is 24.3 Å². The van der Waals surface area contributed by atoms with Gasteiger partial charge in [-0.2, -0.15) is 0 Å². The molecule has 1 atom stereocenters. The van der Waals surface area contributed by atoms with Gasteiger partial charge in [-0.25, -0.2) is 13.6 Å². The molecule has 0 fully saturated rings. The normalized spacial score (nSPS) is 13.8. The first-order chi connectivity index (χ1) is 6.88. The van der Waals surface area contributed by atoms with Crippen LogP contribution in [0.25, 0.3) is 0 Å². The Balaban J connectivity index is 2.61. The summed E-state index contributed by atoms with van der Waals surface area (Å²) in [7, 11) is -3.44. The molecule has 1 aromatic carbocycles. The number of nitrogens with two attached hydrogens (primary N) is 2. The van der Waals surface area contributed by atoms with Gasteiger partial charge >= 0.3 is 0 Å². The van der Waals surface area contributed by atoms with Gasteiger partial charge in [0.15, 0.2) is 0 Å². The van der Waals surface area contributed by atoms with Crippen LogP contribution in [0.5, 0.6) is 0 Å². The van der Waals surface area contributed by atoms with Crippen LogP contribution in [0.1, 0.15) is 18.0 Å². The van der Waals surface area contributed by atoms with Gasteiger partial charge in [-0.1, -0.05) is 23.7 Å². The maximum absolute atomic E-state index is 10.7. The SMILES string of the molecule is NC(CCS(N)(=O)=O)c1ccc(Cl)cc1. The zero-order valence-corrected chi connectivity index (χ0v) is 9.63. The lowest BCUT2D eigenvalue weighted by Gasteiger charge is -2.10. The molecule has 0 aliphatic rings. The molecule has 0 radical (unpaired) electrons. The van der Waals surface area contributed by atoms with E-state index in [1.165, 1.54) is 0 Å². The predicted octanol–water partition coefficient (Wildman–Crippen LogP) is 1.02. The Hall–Kier alpha value is -0.620. The average molecular weight is 249 g/mol. The van der Waals surface area contributed by atoms with E-state index in [0.717, 1.165) is 5.56 Å². The second kappa shape index (κ2) is 4.94. The van der Waals surface area contributed by atoms with Crippen LogP contribution < -0.4 is 10.9 Å². The van der Waals surface area contributed by atoms with Crippen molar-refractivity contribution in [3.63, 3.8) is 0 Å². The number of rotatable bonds is 4. The molecular formula is C9H13ClN2O2S. The average Bonchev–Trinajstić information content (AvgIpc) is 2.14. The van der Waals surface area contributed by atoms with Crippen LogP contribution in [0.3, 0.4) is 0 Å². The van der Waals surface area contributed by atoms with E-state index in [0.29, 0.717) is 11.4 Å². The van der Waals surface area contributed by atoms with E-state index in [-0.39, 0.29) is 11.8 Å².